The van der Waals surface area contributed by atoms with Gasteiger partial charge >= 0.3 is 0 Å². The molecule has 0 bridgehead atoms. The smallest absolute Gasteiger partial charge is 0.255 e. The summed E-state index contributed by atoms with van der Waals surface area (Å²) in [6, 6.07) is 12.5. The Morgan fingerprint density at radius 2 is 2.04 bits per heavy atom. The van der Waals surface area contributed by atoms with Crippen LogP contribution in [-0.2, 0) is 0 Å². The Morgan fingerprint density at radius 1 is 1.15 bits per heavy atom. The Bertz CT molecular complexity index is 823. The summed E-state index contributed by atoms with van der Waals surface area (Å²) in [6.07, 6.45) is 3.79. The lowest BCUT2D eigenvalue weighted by atomic mass is 9.99. The minimum absolute atomic E-state index is 0.126. The third-order valence-electron chi connectivity index (χ3n) is 5.56. The number of carbonyl (C=O) groups is 1. The van der Waals surface area contributed by atoms with Crippen LogP contribution < -0.4 is 0 Å². The van der Waals surface area contributed by atoms with Crippen molar-refractivity contribution in [1.29, 1.82) is 0 Å². The summed E-state index contributed by atoms with van der Waals surface area (Å²) in [5, 5.41) is 0. The molecule has 2 aliphatic rings. The molecule has 2 aliphatic heterocycles. The number of aromatic nitrogens is 1. The van der Waals surface area contributed by atoms with Gasteiger partial charge in [0.1, 0.15) is 0 Å². The predicted octanol–water partition coefficient (Wildman–Crippen LogP) is 4.13. The lowest BCUT2D eigenvalue weighted by molar-refractivity contribution is 0.0371. The highest BCUT2D eigenvalue weighted by Gasteiger charge is 2.31. The monoisotopic (exact) mass is 413 g/mol. The van der Waals surface area contributed by atoms with E-state index in [0.717, 1.165) is 46.6 Å². The quantitative estimate of drug-likeness (QED) is 0.742. The number of hydrogen-bond donors (Lipinski definition) is 0. The van der Waals surface area contributed by atoms with E-state index in [9.17, 15) is 4.79 Å². The number of piperidine rings is 1. The Morgan fingerprint density at radius 3 is 2.85 bits per heavy atom. The van der Waals surface area contributed by atoms with Gasteiger partial charge in [0.15, 0.2) is 0 Å². The van der Waals surface area contributed by atoms with Gasteiger partial charge in [-0.1, -0.05) is 34.5 Å². The molecular formula is C21H24BrN3O. The van der Waals surface area contributed by atoms with Crippen LogP contribution in [0, 0.1) is 6.92 Å². The van der Waals surface area contributed by atoms with Crippen LogP contribution in [-0.4, -0.2) is 52.9 Å². The summed E-state index contributed by atoms with van der Waals surface area (Å²) in [5.74, 6) is 0.126. The van der Waals surface area contributed by atoms with Crippen molar-refractivity contribution in [2.24, 2.45) is 0 Å². The highest BCUT2D eigenvalue weighted by atomic mass is 79.9. The summed E-state index contributed by atoms with van der Waals surface area (Å²) in [6.45, 7) is 5.80. The zero-order valence-electron chi connectivity index (χ0n) is 15.1. The number of pyridine rings is 1. The van der Waals surface area contributed by atoms with E-state index < -0.39 is 0 Å². The van der Waals surface area contributed by atoms with Gasteiger partial charge in [-0.25, -0.2) is 0 Å². The van der Waals surface area contributed by atoms with Crippen molar-refractivity contribution in [3.8, 4) is 11.3 Å². The largest absolute Gasteiger partial charge is 0.336 e. The minimum Gasteiger partial charge on any atom is -0.336 e. The van der Waals surface area contributed by atoms with Crippen molar-refractivity contribution in [2.75, 3.05) is 26.2 Å². The first-order chi connectivity index (χ1) is 12.6. The Hall–Kier alpha value is -1.72. The van der Waals surface area contributed by atoms with Gasteiger partial charge < -0.3 is 4.90 Å². The van der Waals surface area contributed by atoms with Gasteiger partial charge in [0.2, 0.25) is 0 Å². The average Bonchev–Trinajstić information content (AvgIpc) is 2.67. The molecular weight excluding hydrogens is 390 g/mol. The predicted molar refractivity (Wildman–Crippen MR) is 107 cm³/mol. The summed E-state index contributed by atoms with van der Waals surface area (Å²) in [7, 11) is 0. The molecule has 1 aromatic heterocycles. The molecule has 1 amide bonds. The molecule has 0 N–H and O–H groups in total. The van der Waals surface area contributed by atoms with Crippen molar-refractivity contribution in [2.45, 2.75) is 32.2 Å². The van der Waals surface area contributed by atoms with Gasteiger partial charge in [0, 0.05) is 35.7 Å². The summed E-state index contributed by atoms with van der Waals surface area (Å²) < 4.78 is 1.03. The van der Waals surface area contributed by atoms with E-state index in [1.807, 2.05) is 48.2 Å². The second-order valence-electron chi connectivity index (χ2n) is 7.28. The number of benzene rings is 1. The van der Waals surface area contributed by atoms with Crippen LogP contribution in [0.1, 0.15) is 35.3 Å². The van der Waals surface area contributed by atoms with E-state index in [4.69, 9.17) is 4.98 Å². The van der Waals surface area contributed by atoms with Crippen molar-refractivity contribution in [3.63, 3.8) is 0 Å². The molecule has 5 heteroatoms. The Kier molecular flexibility index (Phi) is 5.09. The molecule has 3 heterocycles. The highest BCUT2D eigenvalue weighted by Crippen LogP contribution is 2.25. The SMILES string of the molecule is Cc1nc(-c2cccc(Br)c2)ccc1C(=O)N1CCN2CCCCC2C1. The maximum Gasteiger partial charge on any atom is 0.255 e. The molecule has 4 rings (SSSR count). The van der Waals surface area contributed by atoms with Crippen LogP contribution >= 0.6 is 15.9 Å². The first-order valence-corrected chi connectivity index (χ1v) is 10.2. The summed E-state index contributed by atoms with van der Waals surface area (Å²) in [5.41, 5.74) is 3.49. The molecule has 1 unspecified atom stereocenters. The second kappa shape index (κ2) is 7.49. The van der Waals surface area contributed by atoms with Crippen molar-refractivity contribution < 1.29 is 4.79 Å². The van der Waals surface area contributed by atoms with E-state index >= 15 is 0 Å². The summed E-state index contributed by atoms with van der Waals surface area (Å²) >= 11 is 3.50. The topological polar surface area (TPSA) is 36.4 Å². The fourth-order valence-corrected chi connectivity index (χ4v) is 4.51. The number of nitrogens with zero attached hydrogens (tertiary/aromatic N) is 3. The van der Waals surface area contributed by atoms with Gasteiger partial charge in [-0.3, -0.25) is 14.7 Å². The van der Waals surface area contributed by atoms with E-state index in [0.29, 0.717) is 6.04 Å². The van der Waals surface area contributed by atoms with Gasteiger partial charge in [-0.2, -0.15) is 0 Å². The lowest BCUT2D eigenvalue weighted by Crippen LogP contribution is -2.56. The molecule has 2 fully saturated rings. The van der Waals surface area contributed by atoms with Crippen LogP contribution in [0.15, 0.2) is 40.9 Å². The molecule has 2 aromatic rings. The third kappa shape index (κ3) is 3.55. The third-order valence-corrected chi connectivity index (χ3v) is 6.05. The maximum absolute atomic E-state index is 13.1. The van der Waals surface area contributed by atoms with Crippen LogP contribution in [0.3, 0.4) is 0 Å². The fourth-order valence-electron chi connectivity index (χ4n) is 4.11. The van der Waals surface area contributed by atoms with Gasteiger partial charge in [0.05, 0.1) is 17.0 Å². The van der Waals surface area contributed by atoms with Crippen LogP contribution in [0.4, 0.5) is 0 Å². The molecule has 136 valence electrons. The van der Waals surface area contributed by atoms with E-state index in [2.05, 4.69) is 20.8 Å². The zero-order valence-corrected chi connectivity index (χ0v) is 16.7. The molecule has 0 aliphatic carbocycles. The maximum atomic E-state index is 13.1. The van der Waals surface area contributed by atoms with Gasteiger partial charge in [-0.15, -0.1) is 0 Å². The Balaban J connectivity index is 1.53. The number of carbonyl (C=O) groups excluding carboxylic acids is 1. The number of halogens is 1. The standard InChI is InChI=1S/C21H24BrN3O/c1-15-19(8-9-20(23-15)16-5-4-6-17(22)13-16)21(26)25-12-11-24-10-3-2-7-18(24)14-25/h4-6,8-9,13,18H,2-3,7,10-12,14H2,1H3. The highest BCUT2D eigenvalue weighted by molar-refractivity contribution is 9.10. The Labute approximate surface area is 163 Å². The van der Waals surface area contributed by atoms with Crippen molar-refractivity contribution in [1.82, 2.24) is 14.8 Å². The molecule has 0 spiro atoms. The van der Waals surface area contributed by atoms with E-state index in [1.54, 1.807) is 0 Å². The molecule has 26 heavy (non-hydrogen) atoms. The van der Waals surface area contributed by atoms with Crippen LogP contribution in [0.25, 0.3) is 11.3 Å². The first kappa shape index (κ1) is 17.7. The number of fused-ring (bicyclic) bond motifs is 1. The van der Waals surface area contributed by atoms with Gasteiger partial charge in [-0.05, 0) is 50.6 Å². The number of aryl methyl sites for hydroxylation is 1. The number of piperazine rings is 1. The molecule has 0 radical (unpaired) electrons. The van der Waals surface area contributed by atoms with E-state index in [-0.39, 0.29) is 5.91 Å². The molecule has 4 nitrogen and oxygen atoms in total. The fraction of sp³-hybridized carbons (Fsp3) is 0.429. The normalized spacial score (nSPS) is 20.7. The zero-order chi connectivity index (χ0) is 18.1. The number of rotatable bonds is 2. The number of amides is 1. The number of hydrogen-bond acceptors (Lipinski definition) is 3. The summed E-state index contributed by atoms with van der Waals surface area (Å²) in [4.78, 5) is 22.3. The van der Waals surface area contributed by atoms with Gasteiger partial charge in [0.25, 0.3) is 5.91 Å². The van der Waals surface area contributed by atoms with Crippen LogP contribution in [0.5, 0.6) is 0 Å². The van der Waals surface area contributed by atoms with Crippen LogP contribution in [0.2, 0.25) is 0 Å². The average molecular weight is 414 g/mol. The second-order valence-corrected chi connectivity index (χ2v) is 8.19. The lowest BCUT2D eigenvalue weighted by Gasteiger charge is -2.44. The first-order valence-electron chi connectivity index (χ1n) is 9.39. The molecule has 1 atom stereocenters. The minimum atomic E-state index is 0.126. The molecule has 2 saturated heterocycles. The van der Waals surface area contributed by atoms with Crippen molar-refractivity contribution in [3.05, 3.63) is 52.1 Å². The van der Waals surface area contributed by atoms with Crippen molar-refractivity contribution >= 4 is 21.8 Å². The molecule has 0 saturated carbocycles. The molecule has 1 aromatic carbocycles. The van der Waals surface area contributed by atoms with E-state index in [1.165, 1.54) is 25.8 Å².